The first-order chi connectivity index (χ1) is 10.3. The van der Waals surface area contributed by atoms with Crippen LogP contribution in [0, 0.1) is 0 Å². The van der Waals surface area contributed by atoms with E-state index in [9.17, 15) is 0 Å². The summed E-state index contributed by atoms with van der Waals surface area (Å²) < 4.78 is 5.94. The summed E-state index contributed by atoms with van der Waals surface area (Å²) in [6, 6.07) is 14.2. The summed E-state index contributed by atoms with van der Waals surface area (Å²) >= 11 is 0. The summed E-state index contributed by atoms with van der Waals surface area (Å²) in [5, 5.41) is 1.11. The fourth-order valence-electron chi connectivity index (χ4n) is 2.57. The van der Waals surface area contributed by atoms with Crippen molar-refractivity contribution >= 4 is 11.0 Å². The molecule has 0 radical (unpaired) electrons. The van der Waals surface area contributed by atoms with Crippen molar-refractivity contribution in [3.8, 4) is 0 Å². The molecular weight excluding hydrogens is 262 g/mol. The Morgan fingerprint density at radius 1 is 1.24 bits per heavy atom. The molecule has 2 N–H and O–H groups in total. The van der Waals surface area contributed by atoms with Crippen molar-refractivity contribution in [2.45, 2.75) is 12.6 Å². The molecule has 4 nitrogen and oxygen atoms in total. The lowest BCUT2D eigenvalue weighted by atomic mass is 10.1. The highest BCUT2D eigenvalue weighted by molar-refractivity contribution is 5.77. The van der Waals surface area contributed by atoms with Crippen LogP contribution in [-0.2, 0) is 6.54 Å². The highest BCUT2D eigenvalue weighted by atomic mass is 16.3. The summed E-state index contributed by atoms with van der Waals surface area (Å²) in [6.45, 7) is 1.29. The van der Waals surface area contributed by atoms with E-state index >= 15 is 0 Å². The molecule has 1 atom stereocenters. The van der Waals surface area contributed by atoms with Crippen LogP contribution in [0.1, 0.15) is 17.4 Å². The van der Waals surface area contributed by atoms with Crippen LogP contribution in [-0.4, -0.2) is 23.5 Å². The lowest BCUT2D eigenvalue weighted by Gasteiger charge is -2.25. The molecule has 108 valence electrons. The van der Waals surface area contributed by atoms with Crippen molar-refractivity contribution in [3.05, 3.63) is 66.2 Å². The van der Waals surface area contributed by atoms with Gasteiger partial charge >= 0.3 is 0 Å². The second-order valence-electron chi connectivity index (χ2n) is 5.21. The van der Waals surface area contributed by atoms with Crippen molar-refractivity contribution in [1.29, 1.82) is 0 Å². The Morgan fingerprint density at radius 3 is 2.81 bits per heavy atom. The van der Waals surface area contributed by atoms with E-state index in [4.69, 9.17) is 10.2 Å². The first kappa shape index (κ1) is 13.8. The van der Waals surface area contributed by atoms with Gasteiger partial charge in [-0.15, -0.1) is 0 Å². The topological polar surface area (TPSA) is 55.3 Å². The molecule has 0 aliphatic heterocycles. The van der Waals surface area contributed by atoms with E-state index in [1.165, 1.54) is 0 Å². The highest BCUT2D eigenvalue weighted by Crippen LogP contribution is 2.27. The Kier molecular flexibility index (Phi) is 3.99. The number of rotatable bonds is 5. The third kappa shape index (κ3) is 2.96. The van der Waals surface area contributed by atoms with E-state index in [0.717, 1.165) is 28.8 Å². The van der Waals surface area contributed by atoms with Gasteiger partial charge < -0.3 is 10.2 Å². The number of furan rings is 1. The van der Waals surface area contributed by atoms with Crippen LogP contribution in [0.2, 0.25) is 0 Å². The highest BCUT2D eigenvalue weighted by Gasteiger charge is 2.19. The Morgan fingerprint density at radius 2 is 2.10 bits per heavy atom. The van der Waals surface area contributed by atoms with Gasteiger partial charge in [-0.05, 0) is 30.8 Å². The zero-order chi connectivity index (χ0) is 14.7. The van der Waals surface area contributed by atoms with Crippen LogP contribution in [0.3, 0.4) is 0 Å². The molecule has 21 heavy (non-hydrogen) atoms. The van der Waals surface area contributed by atoms with Gasteiger partial charge in [0.1, 0.15) is 11.3 Å². The molecule has 0 saturated carbocycles. The monoisotopic (exact) mass is 281 g/mol. The van der Waals surface area contributed by atoms with Gasteiger partial charge in [0.05, 0.1) is 6.04 Å². The number of fused-ring (bicyclic) bond motifs is 1. The number of hydrogen-bond acceptors (Lipinski definition) is 4. The Hall–Kier alpha value is -2.17. The minimum absolute atomic E-state index is 0.0533. The molecular formula is C17H19N3O. The predicted molar refractivity (Wildman–Crippen MR) is 83.7 cm³/mol. The fourth-order valence-corrected chi connectivity index (χ4v) is 2.57. The van der Waals surface area contributed by atoms with Gasteiger partial charge in [0.15, 0.2) is 0 Å². The molecule has 0 aliphatic rings. The summed E-state index contributed by atoms with van der Waals surface area (Å²) in [6.07, 6.45) is 3.66. The molecule has 0 amide bonds. The van der Waals surface area contributed by atoms with E-state index < -0.39 is 0 Å². The molecule has 2 heterocycles. The molecule has 3 rings (SSSR count). The SMILES string of the molecule is CN(Cc1cccnc1)C(CN)c1cc2ccccc2o1. The van der Waals surface area contributed by atoms with Crippen LogP contribution in [0.15, 0.2) is 59.3 Å². The Balaban J connectivity index is 1.83. The zero-order valence-electron chi connectivity index (χ0n) is 12.1. The maximum absolute atomic E-state index is 5.96. The van der Waals surface area contributed by atoms with Gasteiger partial charge in [0.2, 0.25) is 0 Å². The minimum Gasteiger partial charge on any atom is -0.459 e. The number of pyridine rings is 1. The van der Waals surface area contributed by atoms with E-state index in [-0.39, 0.29) is 6.04 Å². The van der Waals surface area contributed by atoms with Crippen LogP contribution in [0.5, 0.6) is 0 Å². The van der Waals surface area contributed by atoms with Gasteiger partial charge in [-0.25, -0.2) is 0 Å². The van der Waals surface area contributed by atoms with E-state index in [2.05, 4.69) is 35.1 Å². The van der Waals surface area contributed by atoms with Crippen LogP contribution in [0.4, 0.5) is 0 Å². The molecule has 2 aromatic heterocycles. The largest absolute Gasteiger partial charge is 0.459 e. The van der Waals surface area contributed by atoms with Gasteiger partial charge in [0.25, 0.3) is 0 Å². The average Bonchev–Trinajstić information content (AvgIpc) is 2.92. The normalized spacial score (nSPS) is 12.9. The molecule has 0 spiro atoms. The maximum Gasteiger partial charge on any atom is 0.134 e. The lowest BCUT2D eigenvalue weighted by molar-refractivity contribution is 0.215. The number of aromatic nitrogens is 1. The molecule has 1 unspecified atom stereocenters. The summed E-state index contributed by atoms with van der Waals surface area (Å²) in [7, 11) is 2.05. The summed E-state index contributed by atoms with van der Waals surface area (Å²) in [4.78, 5) is 6.34. The number of nitrogens with two attached hydrogens (primary N) is 1. The van der Waals surface area contributed by atoms with Crippen LogP contribution >= 0.6 is 0 Å². The van der Waals surface area contributed by atoms with Gasteiger partial charge in [-0.3, -0.25) is 9.88 Å². The molecule has 0 fully saturated rings. The zero-order valence-corrected chi connectivity index (χ0v) is 12.1. The van der Waals surface area contributed by atoms with Crippen molar-refractivity contribution in [1.82, 2.24) is 9.88 Å². The van der Waals surface area contributed by atoms with Crippen LogP contribution in [0.25, 0.3) is 11.0 Å². The minimum atomic E-state index is 0.0533. The summed E-state index contributed by atoms with van der Waals surface area (Å²) in [5.41, 5.74) is 8.03. The van der Waals surface area contributed by atoms with E-state index in [1.54, 1.807) is 6.20 Å². The van der Waals surface area contributed by atoms with Crippen molar-refractivity contribution in [2.75, 3.05) is 13.6 Å². The molecule has 4 heteroatoms. The van der Waals surface area contributed by atoms with Crippen molar-refractivity contribution < 1.29 is 4.42 Å². The van der Waals surface area contributed by atoms with Crippen molar-refractivity contribution in [2.24, 2.45) is 5.73 Å². The van der Waals surface area contributed by atoms with Gasteiger partial charge in [-0.2, -0.15) is 0 Å². The molecule has 0 bridgehead atoms. The molecule has 1 aromatic carbocycles. The van der Waals surface area contributed by atoms with Crippen LogP contribution < -0.4 is 5.73 Å². The van der Waals surface area contributed by atoms with E-state index in [0.29, 0.717) is 6.54 Å². The standard InChI is InChI=1S/C17H19N3O/c1-20(12-13-5-4-8-19-11-13)15(10-18)17-9-14-6-2-3-7-16(14)21-17/h2-9,11,15H,10,12,18H2,1H3. The number of para-hydroxylation sites is 1. The maximum atomic E-state index is 5.96. The molecule has 0 aliphatic carbocycles. The fraction of sp³-hybridized carbons (Fsp3) is 0.235. The molecule has 0 saturated heterocycles. The van der Waals surface area contributed by atoms with Gasteiger partial charge in [-0.1, -0.05) is 24.3 Å². The second-order valence-corrected chi connectivity index (χ2v) is 5.21. The number of nitrogens with zero attached hydrogens (tertiary/aromatic N) is 2. The Labute approximate surface area is 124 Å². The van der Waals surface area contributed by atoms with E-state index in [1.807, 2.05) is 30.5 Å². The Bertz CT molecular complexity index is 675. The number of likely N-dealkylation sites (N-methyl/N-ethyl adjacent to an activating group) is 1. The number of benzene rings is 1. The number of hydrogen-bond donors (Lipinski definition) is 1. The summed E-state index contributed by atoms with van der Waals surface area (Å²) in [5.74, 6) is 0.907. The molecule has 3 aromatic rings. The quantitative estimate of drug-likeness (QED) is 0.781. The third-order valence-electron chi connectivity index (χ3n) is 3.68. The van der Waals surface area contributed by atoms with Gasteiger partial charge in [0, 0.05) is 30.9 Å². The first-order valence-electron chi connectivity index (χ1n) is 7.05. The first-order valence-corrected chi connectivity index (χ1v) is 7.05. The second kappa shape index (κ2) is 6.08. The average molecular weight is 281 g/mol. The van der Waals surface area contributed by atoms with Crippen molar-refractivity contribution in [3.63, 3.8) is 0 Å². The third-order valence-corrected chi connectivity index (χ3v) is 3.68. The lowest BCUT2D eigenvalue weighted by Crippen LogP contribution is -2.29. The predicted octanol–water partition coefficient (Wildman–Crippen LogP) is 2.96. The smallest absolute Gasteiger partial charge is 0.134 e.